The van der Waals surface area contributed by atoms with Crippen molar-refractivity contribution in [2.24, 2.45) is 0 Å². The van der Waals surface area contributed by atoms with Crippen LogP contribution in [0.5, 0.6) is 11.6 Å². The summed E-state index contributed by atoms with van der Waals surface area (Å²) >= 11 is 12.9. The van der Waals surface area contributed by atoms with Crippen molar-refractivity contribution in [3.05, 3.63) is 115 Å². The highest BCUT2D eigenvalue weighted by Gasteiger charge is 2.34. The number of carboxylic acids is 1. The lowest BCUT2D eigenvalue weighted by molar-refractivity contribution is 0.0586. The molecule has 2 N–H and O–H groups in total. The summed E-state index contributed by atoms with van der Waals surface area (Å²) in [5, 5.41) is 19.2. The number of carbonyl (C=O) groups is 2. The Kier molecular flexibility index (Phi) is 11.9. The molecule has 1 unspecified atom stereocenters. The fourth-order valence-corrected chi connectivity index (χ4v) is 6.08. The van der Waals surface area contributed by atoms with Gasteiger partial charge >= 0.3 is 12.1 Å². The number of pyridine rings is 1. The Hall–Kier alpha value is -5.60. The van der Waals surface area contributed by atoms with Gasteiger partial charge in [0.25, 0.3) is 5.56 Å². The molecule has 54 heavy (non-hydrogen) atoms. The van der Waals surface area contributed by atoms with Crippen molar-refractivity contribution in [2.75, 3.05) is 31.5 Å². The number of halogens is 2. The van der Waals surface area contributed by atoms with Crippen molar-refractivity contribution in [3.8, 4) is 17.3 Å². The summed E-state index contributed by atoms with van der Waals surface area (Å²) in [7, 11) is 4.41. The molecule has 0 fully saturated rings. The fraction of sp³-hybridized carbons (Fsp3) is 0.316. The average molecular weight is 779 g/mol. The van der Waals surface area contributed by atoms with Gasteiger partial charge in [-0.2, -0.15) is 10.1 Å². The number of hydrogen-bond acceptors (Lipinski definition) is 10. The van der Waals surface area contributed by atoms with E-state index in [0.29, 0.717) is 22.0 Å². The predicted octanol–water partition coefficient (Wildman–Crippen LogP) is 7.59. The number of aromatic nitrogens is 5. The summed E-state index contributed by atoms with van der Waals surface area (Å²) in [5.74, 6) is -1.01. The van der Waals surface area contributed by atoms with Crippen LogP contribution < -0.4 is 25.2 Å². The van der Waals surface area contributed by atoms with Crippen molar-refractivity contribution < 1.29 is 28.9 Å². The molecule has 0 bridgehead atoms. The summed E-state index contributed by atoms with van der Waals surface area (Å²) in [4.78, 5) is 49.9. The third-order valence-corrected chi connectivity index (χ3v) is 8.64. The Morgan fingerprint density at radius 1 is 1.00 bits per heavy atom. The van der Waals surface area contributed by atoms with Gasteiger partial charge in [-0.25, -0.2) is 24.2 Å². The van der Waals surface area contributed by atoms with E-state index >= 15 is 0 Å². The molecule has 5 aromatic rings. The number of ether oxygens (including phenoxy) is 3. The van der Waals surface area contributed by atoms with Crippen molar-refractivity contribution in [1.29, 1.82) is 0 Å². The number of methoxy groups -OCH3 is 2. The summed E-state index contributed by atoms with van der Waals surface area (Å²) < 4.78 is 19.2. The number of benzene rings is 2. The minimum absolute atomic E-state index is 0.00978. The van der Waals surface area contributed by atoms with E-state index in [1.54, 1.807) is 64.3 Å². The van der Waals surface area contributed by atoms with Crippen LogP contribution in [-0.4, -0.2) is 68.4 Å². The van der Waals surface area contributed by atoms with Crippen LogP contribution in [-0.2, 0) is 11.3 Å². The van der Waals surface area contributed by atoms with Crippen LogP contribution in [0.3, 0.4) is 0 Å². The molecule has 3 aromatic heterocycles. The zero-order valence-electron chi connectivity index (χ0n) is 31.0. The predicted molar refractivity (Wildman–Crippen MR) is 206 cm³/mol. The second-order valence-electron chi connectivity index (χ2n) is 13.6. The number of carbonyl (C=O) groups excluding carboxylic acids is 1. The number of amides is 1. The molecule has 0 saturated heterocycles. The quantitative estimate of drug-likeness (QED) is 0.128. The first-order valence-electron chi connectivity index (χ1n) is 16.8. The van der Waals surface area contributed by atoms with Crippen LogP contribution in [0.4, 0.5) is 16.4 Å². The van der Waals surface area contributed by atoms with Crippen molar-refractivity contribution in [1.82, 2.24) is 24.3 Å². The van der Waals surface area contributed by atoms with E-state index in [0.717, 1.165) is 10.5 Å². The Morgan fingerprint density at radius 3 is 2.24 bits per heavy atom. The maximum atomic E-state index is 14.0. The molecule has 2 aromatic carbocycles. The maximum Gasteiger partial charge on any atom is 0.416 e. The molecule has 3 heterocycles. The number of aromatic carboxylic acids is 1. The second kappa shape index (κ2) is 16.2. The zero-order valence-corrected chi connectivity index (χ0v) is 32.6. The highest BCUT2D eigenvalue weighted by atomic mass is 35.5. The van der Waals surface area contributed by atoms with E-state index in [9.17, 15) is 19.5 Å². The van der Waals surface area contributed by atoms with Gasteiger partial charge in [0.05, 0.1) is 43.7 Å². The van der Waals surface area contributed by atoms with Gasteiger partial charge in [-0.15, -0.1) is 0 Å². The lowest BCUT2D eigenvalue weighted by Crippen LogP contribution is -2.35. The minimum atomic E-state index is -1.32. The first-order chi connectivity index (χ1) is 25.5. The van der Waals surface area contributed by atoms with E-state index in [4.69, 9.17) is 37.4 Å². The van der Waals surface area contributed by atoms with Crippen molar-refractivity contribution in [2.45, 2.75) is 58.7 Å². The van der Waals surface area contributed by atoms with Crippen LogP contribution in [0.1, 0.15) is 79.5 Å². The van der Waals surface area contributed by atoms with Gasteiger partial charge in [0.2, 0.25) is 11.8 Å². The summed E-state index contributed by atoms with van der Waals surface area (Å²) in [6.07, 6.45) is 2.23. The number of anilines is 2. The smallest absolute Gasteiger partial charge is 0.416 e. The maximum absolute atomic E-state index is 14.0. The third kappa shape index (κ3) is 8.77. The Balaban J connectivity index is 1.67. The van der Waals surface area contributed by atoms with Gasteiger partial charge in [0, 0.05) is 23.8 Å². The molecule has 5 rings (SSSR count). The zero-order chi connectivity index (χ0) is 39.5. The summed E-state index contributed by atoms with van der Waals surface area (Å²) in [5.41, 5.74) is 0.990. The molecular formula is C38H41Cl2N7O7. The van der Waals surface area contributed by atoms with Gasteiger partial charge in [-0.1, -0.05) is 61.3 Å². The summed E-state index contributed by atoms with van der Waals surface area (Å²) in [6.45, 7) is 9.17. The van der Waals surface area contributed by atoms with Crippen molar-refractivity contribution >= 4 is 46.9 Å². The Labute approximate surface area is 322 Å². The van der Waals surface area contributed by atoms with Gasteiger partial charge in [-0.3, -0.25) is 4.79 Å². The first kappa shape index (κ1) is 39.6. The largest absolute Gasteiger partial charge is 0.497 e. The van der Waals surface area contributed by atoms with E-state index in [-0.39, 0.29) is 51.9 Å². The lowest BCUT2D eigenvalue weighted by atomic mass is 9.92. The third-order valence-electron chi connectivity index (χ3n) is 8.18. The highest BCUT2D eigenvalue weighted by Crippen LogP contribution is 2.38. The van der Waals surface area contributed by atoms with Crippen molar-refractivity contribution in [3.63, 3.8) is 0 Å². The molecule has 1 atom stereocenters. The van der Waals surface area contributed by atoms with Crippen LogP contribution in [0, 0.1) is 0 Å². The van der Waals surface area contributed by atoms with Crippen LogP contribution in [0.2, 0.25) is 10.0 Å². The standard InChI is InChI=1S/C38H41Cl2N7O7/c1-21(2)32-29(31(35(49)50)44-47(32)28-18-41-36(43-33(28)53-8)45(6)37(51)54-38(3,4)5)30(23-11-13-24(39)14-12-23)42-27-17-25(40)20-46(34(27)48)19-22-9-15-26(52-7)16-10-22/h9-18,20-21,30,42H,19H2,1-8H3,(H,49,50). The lowest BCUT2D eigenvalue weighted by Gasteiger charge is -2.24. The molecular weight excluding hydrogens is 737 g/mol. The van der Waals surface area contributed by atoms with Gasteiger partial charge < -0.3 is 29.2 Å². The molecule has 0 spiro atoms. The molecule has 0 aliphatic carbocycles. The Morgan fingerprint density at radius 2 is 1.67 bits per heavy atom. The Bertz CT molecular complexity index is 2210. The van der Waals surface area contributed by atoms with E-state index in [1.165, 1.54) is 41.9 Å². The molecule has 0 saturated carbocycles. The van der Waals surface area contributed by atoms with Crippen LogP contribution in [0.15, 0.2) is 71.8 Å². The van der Waals surface area contributed by atoms with Crippen LogP contribution in [0.25, 0.3) is 5.69 Å². The molecule has 14 nitrogen and oxygen atoms in total. The molecule has 0 radical (unpaired) electrons. The first-order valence-corrected chi connectivity index (χ1v) is 17.6. The van der Waals surface area contributed by atoms with E-state index < -0.39 is 29.3 Å². The number of rotatable bonds is 12. The number of hydrogen-bond donors (Lipinski definition) is 2. The average Bonchev–Trinajstić information content (AvgIpc) is 3.53. The normalized spacial score (nSPS) is 12.0. The number of carboxylic acid groups (broad SMARTS) is 1. The van der Waals surface area contributed by atoms with E-state index in [2.05, 4.69) is 20.4 Å². The second-order valence-corrected chi connectivity index (χ2v) is 14.5. The van der Waals surface area contributed by atoms with Gasteiger partial charge in [-0.05, 0) is 68.1 Å². The van der Waals surface area contributed by atoms with E-state index in [1.807, 2.05) is 26.0 Å². The monoisotopic (exact) mass is 777 g/mol. The summed E-state index contributed by atoms with van der Waals surface area (Å²) in [6, 6.07) is 14.6. The van der Waals surface area contributed by atoms with Crippen LogP contribution >= 0.6 is 23.2 Å². The fourth-order valence-electron chi connectivity index (χ4n) is 5.73. The van der Waals surface area contributed by atoms with Gasteiger partial charge in [0.15, 0.2) is 5.69 Å². The minimum Gasteiger partial charge on any atom is -0.497 e. The molecule has 1 amide bonds. The molecule has 0 aliphatic heterocycles. The molecule has 284 valence electrons. The topological polar surface area (TPSA) is 163 Å². The number of nitrogens with one attached hydrogen (secondary N) is 1. The highest BCUT2D eigenvalue weighted by molar-refractivity contribution is 6.31. The molecule has 16 heteroatoms. The number of nitrogens with zero attached hydrogens (tertiary/aromatic N) is 6. The SMILES string of the molecule is COc1ccc(Cn2cc(Cl)cc(NC(c3ccc(Cl)cc3)c3c(C(=O)O)nn(-c4cnc(N(C)C(=O)OC(C)(C)C)nc4OC)c3C(C)C)c2=O)cc1. The molecule has 0 aliphatic rings. The van der Waals surface area contributed by atoms with Gasteiger partial charge in [0.1, 0.15) is 22.7 Å².